The van der Waals surface area contributed by atoms with Crippen LogP contribution in [0.25, 0.3) is 0 Å². The van der Waals surface area contributed by atoms with E-state index < -0.39 is 17.9 Å². The Balaban J connectivity index is -0.0000000206. The zero-order chi connectivity index (χ0) is 12.9. The number of carboxylic acids is 3. The fourth-order valence-electron chi connectivity index (χ4n) is 0. The van der Waals surface area contributed by atoms with Gasteiger partial charge in [0.2, 0.25) is 0 Å². The van der Waals surface area contributed by atoms with Crippen LogP contribution in [0.2, 0.25) is 0 Å². The predicted molar refractivity (Wildman–Crippen MR) is 35.5 cm³/mol. The molecule has 0 saturated heterocycles. The molecule has 0 rings (SSSR count). The summed E-state index contributed by atoms with van der Waals surface area (Å²) in [6, 6.07) is 2.50. The molecular weight excluding hydrogens is 295 g/mol. The first-order valence-electron chi connectivity index (χ1n) is 2.65. The summed E-state index contributed by atoms with van der Waals surface area (Å²) in [4.78, 5) is 26.7. The number of hydrogen-bond acceptors (Lipinski definition) is 9. The van der Waals surface area contributed by atoms with Crippen molar-refractivity contribution in [3.8, 4) is 18.2 Å². The molecule has 86 valence electrons. The number of nitrogens with zero attached hydrogens (tertiary/aromatic N) is 3. The van der Waals surface area contributed by atoms with Gasteiger partial charge in [-0.1, -0.05) is 0 Å². The zero-order valence-electron chi connectivity index (χ0n) is 10.3. The number of carboxylic acid groups (broad SMARTS) is 3. The summed E-state index contributed by atoms with van der Waals surface area (Å²) in [5.74, 6) is -5.07. The minimum atomic E-state index is -1.69. The number of rotatable bonds is 0. The summed E-state index contributed by atoms with van der Waals surface area (Å²) >= 11 is 0. The molecule has 0 aromatic carbocycles. The standard InChI is InChI=1S/3C2HNO2.3Na.H2O/c3*3-1-2(4)5;;;;/h3*(H,4,5);;;;1H2/q;;;3*+1;/p-3. The normalized spacial score (nSPS) is 4.26. The molecule has 0 radical (unpaired) electrons. The molecular formula is C6H2N3Na3O7. The minimum Gasteiger partial charge on any atom is -0.535 e. The van der Waals surface area contributed by atoms with Gasteiger partial charge in [0.05, 0.1) is 0 Å². The first kappa shape index (κ1) is 42.8. The fourth-order valence-corrected chi connectivity index (χ4v) is 0. The molecule has 0 unspecified atom stereocenters. The van der Waals surface area contributed by atoms with Gasteiger partial charge in [0.25, 0.3) is 0 Å². The molecule has 0 atom stereocenters. The van der Waals surface area contributed by atoms with Gasteiger partial charge in [-0.2, -0.15) is 15.8 Å². The molecule has 0 fully saturated rings. The van der Waals surface area contributed by atoms with Crippen molar-refractivity contribution < 1.29 is 124 Å². The average molecular weight is 297 g/mol. The molecule has 0 aliphatic rings. The Hall–Kier alpha value is -0.160. The summed E-state index contributed by atoms with van der Waals surface area (Å²) in [7, 11) is 0. The Bertz CT molecular complexity index is 311. The van der Waals surface area contributed by atoms with Crippen molar-refractivity contribution in [2.24, 2.45) is 0 Å². The molecule has 0 spiro atoms. The average Bonchev–Trinajstić information content (AvgIpc) is 2.19. The topological polar surface area (TPSA) is 223 Å². The molecule has 0 aromatic heterocycles. The van der Waals surface area contributed by atoms with Crippen LogP contribution in [0.4, 0.5) is 0 Å². The van der Waals surface area contributed by atoms with Crippen LogP contribution in [-0.2, 0) is 14.4 Å². The number of carbonyl (C=O) groups is 3. The fraction of sp³-hybridized carbons (Fsp3) is 0. The molecule has 0 bridgehead atoms. The van der Waals surface area contributed by atoms with E-state index >= 15 is 0 Å². The monoisotopic (exact) mass is 297 g/mol. The smallest absolute Gasteiger partial charge is 0.535 e. The van der Waals surface area contributed by atoms with Crippen LogP contribution in [-0.4, -0.2) is 23.4 Å². The van der Waals surface area contributed by atoms with E-state index in [2.05, 4.69) is 0 Å². The zero-order valence-corrected chi connectivity index (χ0v) is 16.3. The molecule has 0 aliphatic carbocycles. The third kappa shape index (κ3) is 131. The molecule has 0 saturated carbocycles. The van der Waals surface area contributed by atoms with E-state index in [4.69, 9.17) is 45.5 Å². The first-order chi connectivity index (χ1) is 6.81. The Labute approximate surface area is 173 Å². The van der Waals surface area contributed by atoms with E-state index in [9.17, 15) is 0 Å². The Morgan fingerprint density at radius 3 is 0.684 bits per heavy atom. The second-order valence-corrected chi connectivity index (χ2v) is 1.20. The molecule has 10 nitrogen and oxygen atoms in total. The summed E-state index contributed by atoms with van der Waals surface area (Å²) in [6.45, 7) is 0. The van der Waals surface area contributed by atoms with Gasteiger partial charge in [0.1, 0.15) is 36.1 Å². The van der Waals surface area contributed by atoms with Crippen LogP contribution in [0.1, 0.15) is 0 Å². The Kier molecular flexibility index (Phi) is 81.2. The van der Waals surface area contributed by atoms with Gasteiger partial charge >= 0.3 is 88.7 Å². The quantitative estimate of drug-likeness (QED) is 0.305. The summed E-state index contributed by atoms with van der Waals surface area (Å²) in [5, 5.41) is 48.4. The van der Waals surface area contributed by atoms with Gasteiger partial charge < -0.3 is 35.2 Å². The van der Waals surface area contributed by atoms with Crippen molar-refractivity contribution >= 4 is 17.9 Å². The van der Waals surface area contributed by atoms with Crippen LogP contribution in [0.5, 0.6) is 0 Å². The minimum absolute atomic E-state index is 0. The Morgan fingerprint density at radius 1 is 0.632 bits per heavy atom. The Morgan fingerprint density at radius 2 is 0.684 bits per heavy atom. The molecule has 13 heteroatoms. The third-order valence-corrected chi connectivity index (χ3v) is 0.274. The van der Waals surface area contributed by atoms with E-state index in [0.717, 1.165) is 18.2 Å². The van der Waals surface area contributed by atoms with Crippen molar-refractivity contribution in [3.63, 3.8) is 0 Å². The van der Waals surface area contributed by atoms with Crippen LogP contribution < -0.4 is 104 Å². The number of nitriles is 3. The largest absolute Gasteiger partial charge is 1.00 e. The van der Waals surface area contributed by atoms with Crippen molar-refractivity contribution in [1.82, 2.24) is 0 Å². The molecule has 0 heterocycles. The maximum Gasteiger partial charge on any atom is 1.00 e. The third-order valence-electron chi connectivity index (χ3n) is 0.274. The molecule has 0 amide bonds. The second kappa shape index (κ2) is 36.1. The van der Waals surface area contributed by atoms with Crippen LogP contribution >= 0.6 is 0 Å². The van der Waals surface area contributed by atoms with E-state index in [1.165, 1.54) is 0 Å². The molecule has 0 aliphatic heterocycles. The van der Waals surface area contributed by atoms with Crippen LogP contribution in [0.3, 0.4) is 0 Å². The number of hydrogen-bond donors (Lipinski definition) is 0. The van der Waals surface area contributed by atoms with Crippen molar-refractivity contribution in [1.29, 1.82) is 15.8 Å². The van der Waals surface area contributed by atoms with E-state index in [1.807, 2.05) is 0 Å². The second-order valence-electron chi connectivity index (χ2n) is 1.20. The summed E-state index contributed by atoms with van der Waals surface area (Å²) in [6.07, 6.45) is 0. The van der Waals surface area contributed by atoms with Crippen LogP contribution in [0, 0.1) is 34.0 Å². The number of aliphatic carboxylic acids is 3. The van der Waals surface area contributed by atoms with Crippen molar-refractivity contribution in [2.45, 2.75) is 0 Å². The first-order valence-corrected chi connectivity index (χ1v) is 2.65. The predicted octanol–water partition coefficient (Wildman–Crippen LogP) is -15.0. The van der Waals surface area contributed by atoms with Crippen LogP contribution in [0.15, 0.2) is 0 Å². The SMILES string of the molecule is N#CC(=O)[O-].N#CC(=O)[O-].N#CC(=O)[O-].O.[Na+].[Na+].[Na+]. The maximum atomic E-state index is 8.90. The van der Waals surface area contributed by atoms with Gasteiger partial charge in [0, 0.05) is 0 Å². The van der Waals surface area contributed by atoms with E-state index in [1.54, 1.807) is 0 Å². The van der Waals surface area contributed by atoms with Gasteiger partial charge in [-0.15, -0.1) is 0 Å². The summed E-state index contributed by atoms with van der Waals surface area (Å²) < 4.78 is 0. The molecule has 2 N–H and O–H groups in total. The van der Waals surface area contributed by atoms with Crippen molar-refractivity contribution in [3.05, 3.63) is 0 Å². The van der Waals surface area contributed by atoms with Crippen molar-refractivity contribution in [2.75, 3.05) is 0 Å². The summed E-state index contributed by atoms with van der Waals surface area (Å²) in [5.41, 5.74) is 0. The number of carbonyl (C=O) groups excluding carboxylic acids is 3. The van der Waals surface area contributed by atoms with E-state index in [-0.39, 0.29) is 94.1 Å². The van der Waals surface area contributed by atoms with Gasteiger partial charge in [0.15, 0.2) is 0 Å². The van der Waals surface area contributed by atoms with Gasteiger partial charge in [-0.25, -0.2) is 0 Å². The molecule has 19 heavy (non-hydrogen) atoms. The van der Waals surface area contributed by atoms with Gasteiger partial charge in [-0.3, -0.25) is 0 Å². The van der Waals surface area contributed by atoms with Gasteiger partial charge in [-0.05, 0) is 0 Å². The molecule has 0 aromatic rings. The van der Waals surface area contributed by atoms with E-state index in [0.29, 0.717) is 0 Å². The maximum absolute atomic E-state index is 8.90.